The second kappa shape index (κ2) is 33.5. The number of sulfone groups is 4. The zero-order valence-corrected chi connectivity index (χ0v) is 65.9. The van der Waals surface area contributed by atoms with Crippen LogP contribution in [0, 0.1) is 55.8 Å². The summed E-state index contributed by atoms with van der Waals surface area (Å²) in [5.74, 6) is -7.35. The molecule has 552 valence electrons. The van der Waals surface area contributed by atoms with Gasteiger partial charge in [0.15, 0.2) is 39.3 Å². The minimum Gasteiger partial charge on any atom is -0.463 e. The molecule has 4 aromatic carbocycles. The summed E-state index contributed by atoms with van der Waals surface area (Å²) in [5.41, 5.74) is -3.39. The van der Waals surface area contributed by atoms with Crippen LogP contribution in [0.3, 0.4) is 0 Å². The first kappa shape index (κ1) is 84.0. The predicted molar refractivity (Wildman–Crippen MR) is 384 cm³/mol. The Labute approximate surface area is 629 Å². The van der Waals surface area contributed by atoms with Gasteiger partial charge in [0.1, 0.15) is 47.3 Å². The largest absolute Gasteiger partial charge is 0.496 e. The number of carbonyl (C=O) groups is 5. The molecule has 0 atom stereocenters. The molecule has 2 aliphatic carbocycles. The number of nitrogens with one attached hydrogen (secondary N) is 1. The quantitative estimate of drug-likeness (QED) is 0.0695. The van der Waals surface area contributed by atoms with Crippen LogP contribution in [-0.4, -0.2) is 152 Å². The average molecular weight is 1960 g/mol. The number of aromatic amines is 1. The Morgan fingerprint density at radius 2 is 0.951 bits per heavy atom. The molecule has 1 N–H and O–H groups in total. The smallest absolute Gasteiger partial charge is 0.463 e. The molecule has 0 saturated heterocycles. The van der Waals surface area contributed by atoms with Gasteiger partial charge < -0.3 is 9.53 Å². The predicted octanol–water partition coefficient (Wildman–Crippen LogP) is 7.20. The van der Waals surface area contributed by atoms with Gasteiger partial charge in [0.25, 0.3) is 23.6 Å². The number of nitrogens with zero attached hydrogens (tertiary/aromatic N) is 11. The van der Waals surface area contributed by atoms with Crippen LogP contribution in [0.15, 0.2) is 112 Å². The number of aromatic nitrogens is 12. The molecule has 102 heavy (non-hydrogen) atoms. The van der Waals surface area contributed by atoms with E-state index in [4.69, 9.17) is 4.79 Å². The standard InChI is InChI=1S/C16H18IN3O4S.C15H12F6IN3O5S.C15H16IN3O4S.C11H10IN3O4S.CH2O/c1-9-6-10(2)15(13(17)7-9)25(23,24)8-14(21)20-16(22)19(11(3)18-20)12-4-5-12;1-2-6-30-12-23-25(13(27)24(12)15(19,20)21)10(26)7-31(28,29)11-8(14(16,17)18)4-3-5-9(11)22;1-9-4-3-5-12(16)14(9)24(22,23)8-13(20)19-15(21)18(10(2)17-19)11-6-7-11;1-7-13-11(17)15(14-7)10(16)6-20(18,19)9-5-3-2-4-8(9)12;1-2/h6-7,12H,4-5,8H2,1-3H3;3-5H,2,6-7H2,1H3;3-5,11H,6-8H2,1-2H3;2-5H,6H2,1H3,(H,13,14,17);1H2. The Hall–Kier alpha value is -6.91. The van der Waals surface area contributed by atoms with Gasteiger partial charge in [-0.1, -0.05) is 43.3 Å². The summed E-state index contributed by atoms with van der Waals surface area (Å²) < 4.78 is 189. The fraction of sp³-hybridized carbons (Fsp3) is 0.362. The molecule has 4 aromatic heterocycles. The van der Waals surface area contributed by atoms with E-state index in [9.17, 15) is 98.4 Å². The average Bonchev–Trinajstić information content (AvgIpc) is 1.44. The maximum atomic E-state index is 13.2. The lowest BCUT2D eigenvalue weighted by Crippen LogP contribution is -2.37. The van der Waals surface area contributed by atoms with Crippen molar-refractivity contribution >= 4 is 160 Å². The Morgan fingerprint density at radius 1 is 0.529 bits per heavy atom. The van der Waals surface area contributed by atoms with E-state index in [0.717, 1.165) is 43.4 Å². The van der Waals surface area contributed by atoms with Crippen molar-refractivity contribution in [2.45, 2.75) is 125 Å². The minimum atomic E-state index is -5.35. The summed E-state index contributed by atoms with van der Waals surface area (Å²) in [5, 5.41) is 14.6. The third-order valence-corrected chi connectivity index (χ3v) is 26.0. The van der Waals surface area contributed by atoms with E-state index in [1.807, 2.05) is 81.5 Å². The van der Waals surface area contributed by atoms with Crippen molar-refractivity contribution in [3.8, 4) is 6.01 Å². The number of ether oxygens (including phenoxy) is 1. The van der Waals surface area contributed by atoms with Crippen LogP contribution >= 0.6 is 90.4 Å². The third-order valence-electron chi connectivity index (χ3n) is 14.1. The zero-order valence-electron chi connectivity index (χ0n) is 54.0. The summed E-state index contributed by atoms with van der Waals surface area (Å²) in [6.07, 6.45) is -6.73. The number of halogens is 10. The Kier molecular flexibility index (Phi) is 27.6. The first-order chi connectivity index (χ1) is 47.3. The molecule has 8 aromatic rings. The molecule has 10 rings (SSSR count). The van der Waals surface area contributed by atoms with E-state index in [-0.39, 0.29) is 49.2 Å². The first-order valence-electron chi connectivity index (χ1n) is 29.1. The molecule has 0 bridgehead atoms. The lowest BCUT2D eigenvalue weighted by molar-refractivity contribution is -0.209. The number of benzene rings is 4. The van der Waals surface area contributed by atoms with Crippen LogP contribution in [-0.2, 0) is 56.6 Å². The number of carbonyl (C=O) groups excluding carboxylic acids is 5. The summed E-state index contributed by atoms with van der Waals surface area (Å²) >= 11 is 7.06. The van der Waals surface area contributed by atoms with Gasteiger partial charge in [-0.05, 0) is 217 Å². The molecule has 4 heterocycles. The van der Waals surface area contributed by atoms with Gasteiger partial charge in [0.05, 0.1) is 31.8 Å². The number of H-pyrrole nitrogens is 1. The van der Waals surface area contributed by atoms with Crippen LogP contribution in [0.4, 0.5) is 26.3 Å². The molecule has 0 radical (unpaired) electrons. The van der Waals surface area contributed by atoms with Crippen molar-refractivity contribution < 1.29 is 88.7 Å². The molecule has 0 aliphatic heterocycles. The van der Waals surface area contributed by atoms with Crippen molar-refractivity contribution in [2.24, 2.45) is 0 Å². The number of alkyl halides is 6. The van der Waals surface area contributed by atoms with Crippen molar-refractivity contribution in [3.05, 3.63) is 169 Å². The zero-order chi connectivity index (χ0) is 76.9. The summed E-state index contributed by atoms with van der Waals surface area (Å²) in [6.45, 7) is 13.3. The van der Waals surface area contributed by atoms with Gasteiger partial charge in [-0.15, -0.1) is 52.3 Å². The van der Waals surface area contributed by atoms with E-state index >= 15 is 0 Å². The molecular weight excluding hydrogens is 1900 g/mol. The molecule has 0 spiro atoms. The van der Waals surface area contributed by atoms with Gasteiger partial charge in [-0.3, -0.25) is 33.3 Å². The van der Waals surface area contributed by atoms with Gasteiger partial charge in [0, 0.05) is 26.4 Å². The van der Waals surface area contributed by atoms with Crippen molar-refractivity contribution in [1.82, 2.24) is 57.8 Å². The Balaban J connectivity index is 0.000000214. The topological polar surface area (TPSA) is 401 Å². The van der Waals surface area contributed by atoms with Gasteiger partial charge >= 0.3 is 41.2 Å². The van der Waals surface area contributed by atoms with Gasteiger partial charge in [0.2, 0.25) is 0 Å². The van der Waals surface area contributed by atoms with Gasteiger partial charge in [-0.2, -0.15) is 17.7 Å². The van der Waals surface area contributed by atoms with Crippen LogP contribution < -0.4 is 27.5 Å². The minimum absolute atomic E-state index is 0.0641. The molecule has 44 heteroatoms. The van der Waals surface area contributed by atoms with Crippen LogP contribution in [0.25, 0.3) is 0 Å². The molecular formula is C58H58F6I4N12O18S4. The number of hydrogen-bond donors (Lipinski definition) is 1. The third kappa shape index (κ3) is 20.1. The van der Waals surface area contributed by atoms with Crippen molar-refractivity contribution in [2.75, 3.05) is 29.6 Å². The van der Waals surface area contributed by atoms with Crippen LogP contribution in [0.2, 0.25) is 0 Å². The highest BCUT2D eigenvalue weighted by molar-refractivity contribution is 14.1. The van der Waals surface area contributed by atoms with Crippen LogP contribution in [0.5, 0.6) is 6.01 Å². The second-order valence-corrected chi connectivity index (χ2v) is 34.6. The lowest BCUT2D eigenvalue weighted by atomic mass is 10.2. The highest BCUT2D eigenvalue weighted by Gasteiger charge is 2.43. The van der Waals surface area contributed by atoms with E-state index in [1.165, 1.54) is 51.6 Å². The second-order valence-electron chi connectivity index (χ2n) is 22.2. The Morgan fingerprint density at radius 3 is 1.37 bits per heavy atom. The van der Waals surface area contributed by atoms with E-state index in [0.29, 0.717) is 53.6 Å². The maximum absolute atomic E-state index is 13.2. The number of hydrogen-bond acceptors (Lipinski definition) is 22. The fourth-order valence-corrected chi connectivity index (χ4v) is 21.8. The van der Waals surface area contributed by atoms with E-state index in [1.54, 1.807) is 76.2 Å². The summed E-state index contributed by atoms with van der Waals surface area (Å²) in [7, 11) is -16.6. The molecule has 0 unspecified atom stereocenters. The normalized spacial score (nSPS) is 13.3. The lowest BCUT2D eigenvalue weighted by Gasteiger charge is -2.14. The van der Waals surface area contributed by atoms with Crippen LogP contribution in [0.1, 0.15) is 110 Å². The number of aryl methyl sites for hydroxylation is 6. The highest BCUT2D eigenvalue weighted by Crippen LogP contribution is 2.38. The van der Waals surface area contributed by atoms with E-state index in [2.05, 4.69) is 30.1 Å². The molecule has 2 saturated carbocycles. The number of rotatable bonds is 17. The maximum Gasteiger partial charge on any atom is 0.496 e. The fourth-order valence-electron chi connectivity index (χ4n) is 9.64. The molecule has 2 fully saturated rings. The monoisotopic (exact) mass is 1960 g/mol. The Bertz CT molecular complexity index is 5280. The molecule has 0 amide bonds. The van der Waals surface area contributed by atoms with Gasteiger partial charge in [-0.25, -0.2) is 52.8 Å². The van der Waals surface area contributed by atoms with Crippen molar-refractivity contribution in [1.29, 1.82) is 0 Å². The van der Waals surface area contributed by atoms with E-state index < -0.39 is 147 Å². The SMILES string of the molecule is C=O.CCCOc1nn(C(=O)CS(=O)(=O)c2c(I)cccc2C(F)(F)F)c(=O)n1C(F)(F)F.Cc1cc(C)c(S(=O)(=O)CC(=O)n2nc(C)n(C3CC3)c2=O)c(I)c1.Cc1cccc(I)c1S(=O)(=O)CC(=O)n1nc(C)n(C2CC2)c1=O.Cc1nn(C(=O)CS(=O)(=O)c2ccccc2I)c(=O)[nH]1. The summed E-state index contributed by atoms with van der Waals surface area (Å²) in [4.78, 5) is 107. The molecule has 30 nitrogen and oxygen atoms in total. The van der Waals surface area contributed by atoms with Crippen molar-refractivity contribution in [3.63, 3.8) is 0 Å². The highest BCUT2D eigenvalue weighted by atomic mass is 127. The molecule has 2 aliphatic rings. The summed E-state index contributed by atoms with van der Waals surface area (Å²) in [6, 6.07) is 16.2. The first-order valence-corrected chi connectivity index (χ1v) is 40.1.